The number of nitrogens with zero attached hydrogens (tertiary/aromatic N) is 2. The molecule has 0 aliphatic carbocycles. The molecule has 1 N–H and O–H groups in total. The van der Waals surface area contributed by atoms with E-state index in [9.17, 15) is 0 Å². The number of pyridine rings is 1. The molecule has 1 unspecified atom stereocenters. The smallest absolute Gasteiger partial charge is 0.127 e. The minimum Gasteiger partial charge on any atom is -0.464 e. The molecule has 4 nitrogen and oxygen atoms in total. The van der Waals surface area contributed by atoms with Crippen LogP contribution < -0.4 is 5.32 Å². The summed E-state index contributed by atoms with van der Waals surface area (Å²) >= 11 is 0. The summed E-state index contributed by atoms with van der Waals surface area (Å²) in [6.07, 6.45) is 1.61. The van der Waals surface area contributed by atoms with Gasteiger partial charge < -0.3 is 9.73 Å². The summed E-state index contributed by atoms with van der Waals surface area (Å²) in [6.45, 7) is 3.89. The lowest BCUT2D eigenvalue weighted by Gasteiger charge is -2.11. The predicted molar refractivity (Wildman–Crippen MR) is 64.4 cm³/mol. The van der Waals surface area contributed by atoms with Crippen LogP contribution in [0.4, 0.5) is 5.82 Å². The van der Waals surface area contributed by atoms with Gasteiger partial charge in [-0.3, -0.25) is 0 Å². The third-order valence-electron chi connectivity index (χ3n) is 2.44. The van der Waals surface area contributed by atoms with E-state index in [4.69, 9.17) is 9.68 Å². The lowest BCUT2D eigenvalue weighted by Crippen LogP contribution is -2.06. The molecule has 17 heavy (non-hydrogen) atoms. The Kier molecular flexibility index (Phi) is 3.10. The SMILES string of the molecule is Cc1ccc(C(C)Nc2cc(C#N)ccn2)o1. The molecule has 0 aliphatic heterocycles. The minimum atomic E-state index is 0.0187. The highest BCUT2D eigenvalue weighted by Gasteiger charge is 2.09. The van der Waals surface area contributed by atoms with Crippen LogP contribution in [-0.2, 0) is 0 Å². The van der Waals surface area contributed by atoms with Gasteiger partial charge in [-0.25, -0.2) is 4.98 Å². The van der Waals surface area contributed by atoms with E-state index >= 15 is 0 Å². The van der Waals surface area contributed by atoms with Crippen LogP contribution in [0.15, 0.2) is 34.9 Å². The van der Waals surface area contributed by atoms with E-state index in [1.807, 2.05) is 26.0 Å². The maximum Gasteiger partial charge on any atom is 0.127 e. The van der Waals surface area contributed by atoms with Crippen LogP contribution in [0.1, 0.15) is 30.0 Å². The van der Waals surface area contributed by atoms with E-state index in [2.05, 4.69) is 16.4 Å². The minimum absolute atomic E-state index is 0.0187. The molecule has 0 amide bonds. The maximum atomic E-state index is 8.79. The van der Waals surface area contributed by atoms with Crippen LogP contribution in [0.2, 0.25) is 0 Å². The molecule has 0 aromatic carbocycles. The van der Waals surface area contributed by atoms with Crippen molar-refractivity contribution in [1.82, 2.24) is 4.98 Å². The van der Waals surface area contributed by atoms with E-state index in [1.165, 1.54) is 0 Å². The normalized spacial score (nSPS) is 11.8. The van der Waals surface area contributed by atoms with Crippen LogP contribution in [0, 0.1) is 18.3 Å². The third-order valence-corrected chi connectivity index (χ3v) is 2.44. The largest absolute Gasteiger partial charge is 0.464 e. The summed E-state index contributed by atoms with van der Waals surface area (Å²) in [5, 5.41) is 12.0. The number of rotatable bonds is 3. The molecular formula is C13H13N3O. The predicted octanol–water partition coefficient (Wildman–Crippen LogP) is 3.03. The molecule has 2 heterocycles. The quantitative estimate of drug-likeness (QED) is 0.875. The molecule has 2 aromatic heterocycles. The molecular weight excluding hydrogens is 214 g/mol. The van der Waals surface area contributed by atoms with E-state index in [0.29, 0.717) is 11.4 Å². The number of nitriles is 1. The van der Waals surface area contributed by atoms with Gasteiger partial charge in [-0.05, 0) is 38.1 Å². The molecule has 2 rings (SSSR count). The number of anilines is 1. The van der Waals surface area contributed by atoms with Crippen molar-refractivity contribution in [2.75, 3.05) is 5.32 Å². The fourth-order valence-corrected chi connectivity index (χ4v) is 1.56. The zero-order valence-corrected chi connectivity index (χ0v) is 9.77. The second-order valence-corrected chi connectivity index (χ2v) is 3.86. The van der Waals surface area contributed by atoms with Crippen LogP contribution >= 0.6 is 0 Å². The third kappa shape index (κ3) is 2.64. The van der Waals surface area contributed by atoms with Crippen LogP contribution in [0.3, 0.4) is 0 Å². The van der Waals surface area contributed by atoms with Crippen LogP contribution in [-0.4, -0.2) is 4.98 Å². The molecule has 4 heteroatoms. The number of hydrogen-bond donors (Lipinski definition) is 1. The highest BCUT2D eigenvalue weighted by Crippen LogP contribution is 2.20. The van der Waals surface area contributed by atoms with Gasteiger partial charge >= 0.3 is 0 Å². The van der Waals surface area contributed by atoms with Crippen molar-refractivity contribution >= 4 is 5.82 Å². The molecule has 86 valence electrons. The molecule has 0 fully saturated rings. The zero-order chi connectivity index (χ0) is 12.3. The second kappa shape index (κ2) is 4.71. The van der Waals surface area contributed by atoms with Crippen molar-refractivity contribution in [3.63, 3.8) is 0 Å². The highest BCUT2D eigenvalue weighted by molar-refractivity contribution is 5.43. The Morgan fingerprint density at radius 3 is 2.88 bits per heavy atom. The number of furan rings is 1. The lowest BCUT2D eigenvalue weighted by molar-refractivity contribution is 0.466. The topological polar surface area (TPSA) is 61.9 Å². The van der Waals surface area contributed by atoms with Gasteiger partial charge in [-0.15, -0.1) is 0 Å². The first-order valence-corrected chi connectivity index (χ1v) is 5.38. The number of hydrogen-bond acceptors (Lipinski definition) is 4. The van der Waals surface area contributed by atoms with Crippen molar-refractivity contribution in [2.24, 2.45) is 0 Å². The molecule has 0 saturated heterocycles. The van der Waals surface area contributed by atoms with Gasteiger partial charge in [0.15, 0.2) is 0 Å². The van der Waals surface area contributed by atoms with Gasteiger partial charge in [0.05, 0.1) is 17.7 Å². The summed E-state index contributed by atoms with van der Waals surface area (Å²) in [5.74, 6) is 2.41. The van der Waals surface area contributed by atoms with E-state index in [1.54, 1.807) is 18.3 Å². The van der Waals surface area contributed by atoms with Gasteiger partial charge in [0.2, 0.25) is 0 Å². The molecule has 0 spiro atoms. The molecule has 0 aliphatic rings. The summed E-state index contributed by atoms with van der Waals surface area (Å²) in [6, 6.07) is 9.34. The van der Waals surface area contributed by atoms with Crippen molar-refractivity contribution in [3.05, 3.63) is 47.5 Å². The standard InChI is InChI=1S/C13H13N3O/c1-9-3-4-12(17-9)10(2)16-13-7-11(8-14)5-6-15-13/h3-7,10H,1-2H3,(H,15,16). The number of nitrogens with one attached hydrogen (secondary N) is 1. The van der Waals surface area contributed by atoms with Crippen molar-refractivity contribution in [3.8, 4) is 6.07 Å². The van der Waals surface area contributed by atoms with Gasteiger partial charge in [0.25, 0.3) is 0 Å². The molecule has 0 saturated carbocycles. The average Bonchev–Trinajstić information content (AvgIpc) is 2.76. The van der Waals surface area contributed by atoms with Crippen molar-refractivity contribution in [2.45, 2.75) is 19.9 Å². The summed E-state index contributed by atoms with van der Waals surface area (Å²) in [4.78, 5) is 4.16. The Bertz CT molecular complexity index is 554. The molecule has 0 bridgehead atoms. The fourth-order valence-electron chi connectivity index (χ4n) is 1.56. The Hall–Kier alpha value is -2.28. The second-order valence-electron chi connectivity index (χ2n) is 3.86. The van der Waals surface area contributed by atoms with E-state index in [0.717, 1.165) is 11.5 Å². The molecule has 1 atom stereocenters. The number of aromatic nitrogens is 1. The summed E-state index contributed by atoms with van der Waals surface area (Å²) in [5.41, 5.74) is 0.588. The van der Waals surface area contributed by atoms with Gasteiger partial charge in [-0.2, -0.15) is 5.26 Å². The van der Waals surface area contributed by atoms with Gasteiger partial charge in [0, 0.05) is 6.20 Å². The van der Waals surface area contributed by atoms with E-state index in [-0.39, 0.29) is 6.04 Å². The zero-order valence-electron chi connectivity index (χ0n) is 9.77. The fraction of sp³-hybridized carbons (Fsp3) is 0.231. The maximum absolute atomic E-state index is 8.79. The number of aryl methyl sites for hydroxylation is 1. The first-order valence-electron chi connectivity index (χ1n) is 5.38. The Labute approximate surface area is 99.9 Å². The first kappa shape index (κ1) is 11.2. The van der Waals surface area contributed by atoms with Crippen LogP contribution in [0.5, 0.6) is 0 Å². The average molecular weight is 227 g/mol. The van der Waals surface area contributed by atoms with Crippen molar-refractivity contribution < 1.29 is 4.42 Å². The molecule has 2 aromatic rings. The van der Waals surface area contributed by atoms with Gasteiger partial charge in [-0.1, -0.05) is 0 Å². The Balaban J connectivity index is 2.13. The summed E-state index contributed by atoms with van der Waals surface area (Å²) in [7, 11) is 0. The van der Waals surface area contributed by atoms with Crippen LogP contribution in [0.25, 0.3) is 0 Å². The van der Waals surface area contributed by atoms with Gasteiger partial charge in [0.1, 0.15) is 17.3 Å². The lowest BCUT2D eigenvalue weighted by atomic mass is 10.2. The summed E-state index contributed by atoms with van der Waals surface area (Å²) < 4.78 is 5.52. The Morgan fingerprint density at radius 2 is 2.24 bits per heavy atom. The van der Waals surface area contributed by atoms with Crippen molar-refractivity contribution in [1.29, 1.82) is 5.26 Å². The monoisotopic (exact) mass is 227 g/mol. The Morgan fingerprint density at radius 1 is 1.41 bits per heavy atom. The van der Waals surface area contributed by atoms with E-state index < -0.39 is 0 Å². The molecule has 0 radical (unpaired) electrons. The first-order chi connectivity index (χ1) is 8.19. The highest BCUT2D eigenvalue weighted by atomic mass is 16.3.